The van der Waals surface area contributed by atoms with E-state index in [0.717, 1.165) is 22.8 Å². The monoisotopic (exact) mass is 405 g/mol. The van der Waals surface area contributed by atoms with Crippen molar-refractivity contribution in [2.75, 3.05) is 20.8 Å². The number of para-hydroxylation sites is 1. The zero-order valence-corrected chi connectivity index (χ0v) is 16.9. The quantitative estimate of drug-likeness (QED) is 0.637. The van der Waals surface area contributed by atoms with Gasteiger partial charge in [-0.3, -0.25) is 4.79 Å². The molecule has 1 aliphatic rings. The van der Waals surface area contributed by atoms with E-state index >= 15 is 0 Å². The van der Waals surface area contributed by atoms with Crippen LogP contribution in [0.15, 0.2) is 66.7 Å². The van der Waals surface area contributed by atoms with Gasteiger partial charge in [0, 0.05) is 18.1 Å². The summed E-state index contributed by atoms with van der Waals surface area (Å²) < 4.78 is 22.3. The predicted molar refractivity (Wildman–Crippen MR) is 113 cm³/mol. The predicted octanol–water partition coefficient (Wildman–Crippen LogP) is 4.23. The largest absolute Gasteiger partial charge is 0.497 e. The van der Waals surface area contributed by atoms with Crippen molar-refractivity contribution < 1.29 is 23.7 Å². The van der Waals surface area contributed by atoms with Crippen LogP contribution in [0.2, 0.25) is 0 Å². The summed E-state index contributed by atoms with van der Waals surface area (Å²) in [5, 5.41) is 2.93. The maximum atomic E-state index is 12.6. The van der Waals surface area contributed by atoms with Crippen molar-refractivity contribution in [2.24, 2.45) is 0 Å². The van der Waals surface area contributed by atoms with Gasteiger partial charge in [-0.05, 0) is 42.5 Å². The Morgan fingerprint density at radius 2 is 1.77 bits per heavy atom. The van der Waals surface area contributed by atoms with Gasteiger partial charge >= 0.3 is 0 Å². The van der Waals surface area contributed by atoms with Crippen molar-refractivity contribution in [1.82, 2.24) is 5.32 Å². The Labute approximate surface area is 175 Å². The minimum absolute atomic E-state index is 0.139. The highest BCUT2D eigenvalue weighted by atomic mass is 16.5. The first-order chi connectivity index (χ1) is 14.7. The maximum Gasteiger partial charge on any atom is 0.255 e. The summed E-state index contributed by atoms with van der Waals surface area (Å²) in [7, 11) is 3.09. The van der Waals surface area contributed by atoms with Crippen molar-refractivity contribution in [1.29, 1.82) is 0 Å². The van der Waals surface area contributed by atoms with Crippen LogP contribution in [0.1, 0.15) is 15.9 Å². The normalized spacial score (nSPS) is 14.4. The molecule has 4 rings (SSSR count). The van der Waals surface area contributed by atoms with Crippen LogP contribution in [0, 0.1) is 0 Å². The summed E-state index contributed by atoms with van der Waals surface area (Å²) in [6.45, 7) is 0.386. The van der Waals surface area contributed by atoms with Crippen LogP contribution in [0.4, 0.5) is 0 Å². The molecule has 1 atom stereocenters. The smallest absolute Gasteiger partial charge is 0.255 e. The molecule has 1 aliphatic heterocycles. The lowest BCUT2D eigenvalue weighted by molar-refractivity contribution is 0.0930. The molecule has 6 heteroatoms. The molecular formula is C24H23NO5. The first kappa shape index (κ1) is 19.6. The highest BCUT2D eigenvalue weighted by molar-refractivity contribution is 5.97. The fraction of sp³-hybridized carbons (Fsp3) is 0.208. The molecule has 0 saturated heterocycles. The van der Waals surface area contributed by atoms with Crippen LogP contribution >= 0.6 is 0 Å². The Morgan fingerprint density at radius 1 is 0.967 bits per heavy atom. The van der Waals surface area contributed by atoms with Gasteiger partial charge in [-0.2, -0.15) is 0 Å². The number of carbonyl (C=O) groups excluding carboxylic acids is 1. The van der Waals surface area contributed by atoms with E-state index in [1.807, 2.05) is 48.5 Å². The van der Waals surface area contributed by atoms with Gasteiger partial charge in [0.1, 0.15) is 34.9 Å². The van der Waals surface area contributed by atoms with Crippen LogP contribution in [0.3, 0.4) is 0 Å². The van der Waals surface area contributed by atoms with Gasteiger partial charge < -0.3 is 24.3 Å². The molecule has 0 saturated carbocycles. The number of amides is 1. The first-order valence-corrected chi connectivity index (χ1v) is 9.69. The fourth-order valence-electron chi connectivity index (χ4n) is 3.39. The van der Waals surface area contributed by atoms with Crippen LogP contribution in [0.5, 0.6) is 28.7 Å². The van der Waals surface area contributed by atoms with Crippen molar-refractivity contribution in [3.8, 4) is 28.7 Å². The van der Waals surface area contributed by atoms with Gasteiger partial charge in [0.25, 0.3) is 5.91 Å². The molecule has 1 unspecified atom stereocenters. The SMILES string of the molecule is COc1ccc(C(=O)NCC2Cc3cc(Oc4ccccc4)ccc3O2)c(OC)c1. The lowest BCUT2D eigenvalue weighted by Crippen LogP contribution is -2.34. The van der Waals surface area contributed by atoms with E-state index in [9.17, 15) is 4.79 Å². The van der Waals surface area contributed by atoms with E-state index in [1.54, 1.807) is 25.3 Å². The number of benzene rings is 3. The third-order valence-electron chi connectivity index (χ3n) is 4.90. The second-order valence-electron chi connectivity index (χ2n) is 6.90. The second kappa shape index (κ2) is 8.78. The molecule has 3 aromatic carbocycles. The van der Waals surface area contributed by atoms with Crippen molar-refractivity contribution >= 4 is 5.91 Å². The molecule has 6 nitrogen and oxygen atoms in total. The van der Waals surface area contributed by atoms with E-state index in [4.69, 9.17) is 18.9 Å². The van der Waals surface area contributed by atoms with E-state index in [-0.39, 0.29) is 12.0 Å². The van der Waals surface area contributed by atoms with Crippen LogP contribution in [-0.4, -0.2) is 32.8 Å². The topological polar surface area (TPSA) is 66.0 Å². The van der Waals surface area contributed by atoms with Gasteiger partial charge in [0.15, 0.2) is 0 Å². The summed E-state index contributed by atoms with van der Waals surface area (Å²) in [4.78, 5) is 12.6. The van der Waals surface area contributed by atoms with Crippen molar-refractivity contribution in [2.45, 2.75) is 12.5 Å². The highest BCUT2D eigenvalue weighted by Crippen LogP contribution is 2.33. The van der Waals surface area contributed by atoms with E-state index in [1.165, 1.54) is 7.11 Å². The molecule has 0 bridgehead atoms. The molecule has 0 spiro atoms. The van der Waals surface area contributed by atoms with Gasteiger partial charge in [0.2, 0.25) is 0 Å². The second-order valence-corrected chi connectivity index (χ2v) is 6.90. The van der Waals surface area contributed by atoms with Crippen molar-refractivity contribution in [3.05, 3.63) is 77.9 Å². The number of fused-ring (bicyclic) bond motifs is 1. The molecule has 1 amide bonds. The maximum absolute atomic E-state index is 12.6. The molecule has 1 N–H and O–H groups in total. The molecule has 30 heavy (non-hydrogen) atoms. The third-order valence-corrected chi connectivity index (χ3v) is 4.90. The Hall–Kier alpha value is -3.67. The summed E-state index contributed by atoms with van der Waals surface area (Å²) in [6.07, 6.45) is 0.557. The van der Waals surface area contributed by atoms with Crippen molar-refractivity contribution in [3.63, 3.8) is 0 Å². The van der Waals surface area contributed by atoms with E-state index in [2.05, 4.69) is 5.32 Å². The fourth-order valence-corrected chi connectivity index (χ4v) is 3.39. The number of rotatable bonds is 7. The van der Waals surface area contributed by atoms with Gasteiger partial charge in [-0.1, -0.05) is 18.2 Å². The number of methoxy groups -OCH3 is 2. The minimum Gasteiger partial charge on any atom is -0.497 e. The minimum atomic E-state index is -0.220. The lowest BCUT2D eigenvalue weighted by Gasteiger charge is -2.14. The third kappa shape index (κ3) is 4.33. The average Bonchev–Trinajstić information content (AvgIpc) is 3.20. The van der Waals surface area contributed by atoms with Crippen LogP contribution < -0.4 is 24.3 Å². The molecular weight excluding hydrogens is 382 g/mol. The molecule has 0 radical (unpaired) electrons. The number of hydrogen-bond donors (Lipinski definition) is 1. The molecule has 0 aromatic heterocycles. The average molecular weight is 405 g/mol. The van der Waals surface area contributed by atoms with Gasteiger partial charge in [-0.15, -0.1) is 0 Å². The van der Waals surface area contributed by atoms with E-state index in [0.29, 0.717) is 30.0 Å². The molecule has 3 aromatic rings. The molecule has 0 fully saturated rings. The zero-order valence-electron chi connectivity index (χ0n) is 16.9. The highest BCUT2D eigenvalue weighted by Gasteiger charge is 2.24. The molecule has 0 aliphatic carbocycles. The summed E-state index contributed by atoms with van der Waals surface area (Å²) in [5.74, 6) is 3.24. The standard InChI is InChI=1S/C24H23NO5/c1-27-18-8-10-21(23(14-18)28-2)24(26)25-15-20-13-16-12-19(9-11-22(16)30-20)29-17-6-4-3-5-7-17/h3-12,14,20H,13,15H2,1-2H3,(H,25,26). The Kier molecular flexibility index (Phi) is 5.75. The summed E-state index contributed by atoms with van der Waals surface area (Å²) in [5.41, 5.74) is 1.51. The zero-order chi connectivity index (χ0) is 20.9. The Morgan fingerprint density at radius 3 is 2.53 bits per heavy atom. The Balaban J connectivity index is 1.36. The number of hydrogen-bond acceptors (Lipinski definition) is 5. The summed E-state index contributed by atoms with van der Waals surface area (Å²) >= 11 is 0. The number of ether oxygens (including phenoxy) is 4. The van der Waals surface area contributed by atoms with Gasteiger partial charge in [0.05, 0.1) is 26.3 Å². The van der Waals surface area contributed by atoms with Crippen LogP contribution in [-0.2, 0) is 6.42 Å². The Bertz CT molecular complexity index is 1040. The number of nitrogens with one attached hydrogen (secondary N) is 1. The molecule has 154 valence electrons. The number of carbonyl (C=O) groups is 1. The lowest BCUT2D eigenvalue weighted by atomic mass is 10.1. The molecule has 1 heterocycles. The van der Waals surface area contributed by atoms with Gasteiger partial charge in [-0.25, -0.2) is 0 Å². The first-order valence-electron chi connectivity index (χ1n) is 9.69. The summed E-state index contributed by atoms with van der Waals surface area (Å²) in [6, 6.07) is 20.5. The van der Waals surface area contributed by atoms with E-state index < -0.39 is 0 Å². The van der Waals surface area contributed by atoms with Crippen LogP contribution in [0.25, 0.3) is 0 Å².